The zero-order valence-corrected chi connectivity index (χ0v) is 10.8. The summed E-state index contributed by atoms with van der Waals surface area (Å²) in [6.07, 6.45) is 2.67. The number of aromatic nitrogens is 1. The molecule has 7 heteroatoms. The van der Waals surface area contributed by atoms with Crippen molar-refractivity contribution < 1.29 is 23.8 Å². The van der Waals surface area contributed by atoms with Crippen molar-refractivity contribution >= 4 is 17.8 Å². The molecule has 1 aromatic rings. The van der Waals surface area contributed by atoms with Gasteiger partial charge in [0.15, 0.2) is 5.57 Å². The van der Waals surface area contributed by atoms with E-state index < -0.39 is 11.9 Å². The molecule has 1 aromatic heterocycles. The molecule has 7 nitrogen and oxygen atoms in total. The fraction of sp³-hybridized carbons (Fsp3) is 0.250. The molecule has 19 heavy (non-hydrogen) atoms. The maximum absolute atomic E-state index is 11.4. The molecule has 0 amide bonds. The number of anilines is 1. The minimum absolute atomic E-state index is 0.261. The molecule has 0 atom stereocenters. The van der Waals surface area contributed by atoms with Gasteiger partial charge in [-0.3, -0.25) is 0 Å². The topological polar surface area (TPSA) is 86.8 Å². The van der Waals surface area contributed by atoms with E-state index >= 15 is 0 Å². The van der Waals surface area contributed by atoms with E-state index in [1.807, 2.05) is 0 Å². The van der Waals surface area contributed by atoms with Crippen LogP contribution in [0.1, 0.15) is 0 Å². The van der Waals surface area contributed by atoms with Crippen LogP contribution in [-0.2, 0) is 19.1 Å². The maximum Gasteiger partial charge on any atom is 0.346 e. The Morgan fingerprint density at radius 2 is 1.79 bits per heavy atom. The number of methoxy groups -OCH3 is 3. The van der Waals surface area contributed by atoms with Gasteiger partial charge in [0.05, 0.1) is 27.5 Å². The predicted octanol–water partition coefficient (Wildman–Crippen LogP) is 0.732. The highest BCUT2D eigenvalue weighted by atomic mass is 16.5. The summed E-state index contributed by atoms with van der Waals surface area (Å²) >= 11 is 0. The summed E-state index contributed by atoms with van der Waals surface area (Å²) in [5, 5.41) is 2.70. The SMILES string of the molecule is COC(=O)C(=CNc1ccc(OC)cn1)C(=O)OC. The van der Waals surface area contributed by atoms with Crippen LogP contribution in [0.3, 0.4) is 0 Å². The van der Waals surface area contributed by atoms with Gasteiger partial charge in [0, 0.05) is 6.20 Å². The standard InChI is InChI=1S/C12H14N2O5/c1-17-8-4-5-10(13-6-8)14-7-9(11(15)18-2)12(16)19-3/h4-7H,1-3H3,(H,13,14). The highest BCUT2D eigenvalue weighted by molar-refractivity contribution is 6.14. The second-order valence-electron chi connectivity index (χ2n) is 3.27. The zero-order valence-electron chi connectivity index (χ0n) is 10.8. The molecule has 0 aliphatic heterocycles. The number of rotatable bonds is 5. The number of pyridine rings is 1. The van der Waals surface area contributed by atoms with Gasteiger partial charge in [-0.15, -0.1) is 0 Å². The fourth-order valence-electron chi connectivity index (χ4n) is 1.15. The zero-order chi connectivity index (χ0) is 14.3. The lowest BCUT2D eigenvalue weighted by Gasteiger charge is -2.05. The van der Waals surface area contributed by atoms with Crippen molar-refractivity contribution in [3.63, 3.8) is 0 Å². The summed E-state index contributed by atoms with van der Waals surface area (Å²) in [6.45, 7) is 0. The van der Waals surface area contributed by atoms with Crippen molar-refractivity contribution in [2.24, 2.45) is 0 Å². The van der Waals surface area contributed by atoms with Gasteiger partial charge in [-0.2, -0.15) is 0 Å². The average Bonchev–Trinajstić information content (AvgIpc) is 2.47. The van der Waals surface area contributed by atoms with Gasteiger partial charge in [0.1, 0.15) is 11.6 Å². The number of carbonyl (C=O) groups excluding carboxylic acids is 2. The first-order valence-electron chi connectivity index (χ1n) is 5.25. The van der Waals surface area contributed by atoms with E-state index in [1.165, 1.54) is 33.7 Å². The molecular weight excluding hydrogens is 252 g/mol. The molecule has 1 rings (SSSR count). The molecule has 0 aromatic carbocycles. The van der Waals surface area contributed by atoms with Crippen molar-refractivity contribution in [2.75, 3.05) is 26.6 Å². The third kappa shape index (κ3) is 3.98. The van der Waals surface area contributed by atoms with E-state index in [0.29, 0.717) is 11.6 Å². The summed E-state index contributed by atoms with van der Waals surface area (Å²) in [4.78, 5) is 26.7. The third-order valence-electron chi connectivity index (χ3n) is 2.15. The van der Waals surface area contributed by atoms with Gasteiger partial charge in [-0.25, -0.2) is 14.6 Å². The molecule has 0 fully saturated rings. The number of carbonyl (C=O) groups is 2. The number of nitrogens with one attached hydrogen (secondary N) is 1. The van der Waals surface area contributed by atoms with E-state index in [0.717, 1.165) is 0 Å². The molecule has 1 N–H and O–H groups in total. The van der Waals surface area contributed by atoms with Gasteiger partial charge in [-0.05, 0) is 12.1 Å². The van der Waals surface area contributed by atoms with Crippen molar-refractivity contribution in [1.82, 2.24) is 4.98 Å². The molecular formula is C12H14N2O5. The van der Waals surface area contributed by atoms with Gasteiger partial charge < -0.3 is 19.5 Å². The van der Waals surface area contributed by atoms with E-state index in [4.69, 9.17) is 4.74 Å². The van der Waals surface area contributed by atoms with E-state index in [-0.39, 0.29) is 5.57 Å². The largest absolute Gasteiger partial charge is 0.495 e. The lowest BCUT2D eigenvalue weighted by Crippen LogP contribution is -2.17. The number of hydrogen-bond donors (Lipinski definition) is 1. The Hall–Kier alpha value is -2.57. The first-order chi connectivity index (χ1) is 9.12. The molecule has 102 valence electrons. The Kier molecular flexibility index (Phi) is 5.34. The summed E-state index contributed by atoms with van der Waals surface area (Å²) < 4.78 is 13.9. The molecule has 0 saturated heterocycles. The van der Waals surface area contributed by atoms with Crippen LogP contribution in [0, 0.1) is 0 Å². The lowest BCUT2D eigenvalue weighted by molar-refractivity contribution is -0.144. The van der Waals surface area contributed by atoms with Crippen molar-refractivity contribution in [3.05, 3.63) is 30.1 Å². The molecule has 0 bridgehead atoms. The summed E-state index contributed by atoms with van der Waals surface area (Å²) in [7, 11) is 3.87. The smallest absolute Gasteiger partial charge is 0.346 e. The Morgan fingerprint density at radius 1 is 1.16 bits per heavy atom. The molecule has 1 heterocycles. The number of esters is 2. The van der Waals surface area contributed by atoms with Crippen molar-refractivity contribution in [1.29, 1.82) is 0 Å². The molecule has 0 saturated carbocycles. The van der Waals surface area contributed by atoms with Crippen molar-refractivity contribution in [2.45, 2.75) is 0 Å². The van der Waals surface area contributed by atoms with Crippen LogP contribution < -0.4 is 10.1 Å². The van der Waals surface area contributed by atoms with Gasteiger partial charge in [-0.1, -0.05) is 0 Å². The van der Waals surface area contributed by atoms with Crippen molar-refractivity contribution in [3.8, 4) is 5.75 Å². The van der Waals surface area contributed by atoms with E-state index in [2.05, 4.69) is 19.8 Å². The summed E-state index contributed by atoms with van der Waals surface area (Å²) in [5.74, 6) is -0.567. The predicted molar refractivity (Wildman–Crippen MR) is 66.5 cm³/mol. The number of nitrogens with zero attached hydrogens (tertiary/aromatic N) is 1. The highest BCUT2D eigenvalue weighted by Crippen LogP contribution is 2.11. The second-order valence-corrected chi connectivity index (χ2v) is 3.27. The number of ether oxygens (including phenoxy) is 3. The Balaban J connectivity index is 2.84. The van der Waals surface area contributed by atoms with E-state index in [9.17, 15) is 9.59 Å². The van der Waals surface area contributed by atoms with Gasteiger partial charge in [0.25, 0.3) is 0 Å². The first kappa shape index (κ1) is 14.5. The molecule has 0 aliphatic rings. The Bertz CT molecular complexity index is 463. The first-order valence-corrected chi connectivity index (χ1v) is 5.25. The monoisotopic (exact) mass is 266 g/mol. The third-order valence-corrected chi connectivity index (χ3v) is 2.15. The normalized spacial score (nSPS) is 9.21. The Labute approximate surface area is 110 Å². The Morgan fingerprint density at radius 3 is 2.21 bits per heavy atom. The number of hydrogen-bond acceptors (Lipinski definition) is 7. The average molecular weight is 266 g/mol. The van der Waals surface area contributed by atoms with Gasteiger partial charge >= 0.3 is 11.9 Å². The van der Waals surface area contributed by atoms with Crippen LogP contribution in [0.2, 0.25) is 0 Å². The van der Waals surface area contributed by atoms with Crippen LogP contribution >= 0.6 is 0 Å². The van der Waals surface area contributed by atoms with Crippen LogP contribution in [0.4, 0.5) is 5.82 Å². The van der Waals surface area contributed by atoms with Crippen LogP contribution in [0.5, 0.6) is 5.75 Å². The molecule has 0 unspecified atom stereocenters. The lowest BCUT2D eigenvalue weighted by atomic mass is 10.3. The maximum atomic E-state index is 11.4. The minimum atomic E-state index is -0.798. The van der Waals surface area contributed by atoms with E-state index in [1.54, 1.807) is 12.1 Å². The fourth-order valence-corrected chi connectivity index (χ4v) is 1.15. The van der Waals surface area contributed by atoms with Gasteiger partial charge in [0.2, 0.25) is 0 Å². The molecule has 0 spiro atoms. The highest BCUT2D eigenvalue weighted by Gasteiger charge is 2.19. The summed E-state index contributed by atoms with van der Waals surface area (Å²) in [6, 6.07) is 3.31. The quantitative estimate of drug-likeness (QED) is 0.364. The molecule has 0 radical (unpaired) electrons. The van der Waals surface area contributed by atoms with Crippen LogP contribution in [-0.4, -0.2) is 38.3 Å². The molecule has 0 aliphatic carbocycles. The second kappa shape index (κ2) is 7.00. The van der Waals surface area contributed by atoms with Crippen LogP contribution in [0.15, 0.2) is 30.1 Å². The minimum Gasteiger partial charge on any atom is -0.495 e. The van der Waals surface area contributed by atoms with Crippen LogP contribution in [0.25, 0.3) is 0 Å². The summed E-state index contributed by atoms with van der Waals surface area (Å²) in [5.41, 5.74) is -0.261.